The number of likely N-dealkylation sites (N-methyl/N-ethyl adjacent to an activating group) is 1. The zero-order chi connectivity index (χ0) is 18.1. The molecule has 0 amide bonds. The Morgan fingerprint density at radius 2 is 1.92 bits per heavy atom. The lowest BCUT2D eigenvalue weighted by atomic mass is 10.1. The van der Waals surface area contributed by atoms with E-state index in [-0.39, 0.29) is 0 Å². The first-order valence-electron chi connectivity index (χ1n) is 9.19. The molecule has 1 unspecified atom stereocenters. The van der Waals surface area contributed by atoms with E-state index in [0.29, 0.717) is 6.04 Å². The van der Waals surface area contributed by atoms with Crippen LogP contribution in [0.1, 0.15) is 44.6 Å². The van der Waals surface area contributed by atoms with Gasteiger partial charge in [-0.25, -0.2) is 0 Å². The van der Waals surface area contributed by atoms with E-state index in [4.69, 9.17) is 4.99 Å². The zero-order valence-corrected chi connectivity index (χ0v) is 16.6. The highest BCUT2D eigenvalue weighted by atomic mass is 15.3. The molecule has 24 heavy (non-hydrogen) atoms. The molecule has 2 N–H and O–H groups in total. The smallest absolute Gasteiger partial charge is 0.191 e. The second-order valence-electron chi connectivity index (χ2n) is 6.31. The van der Waals surface area contributed by atoms with Gasteiger partial charge in [-0.05, 0) is 52.8 Å². The Hall–Kier alpha value is -1.56. The number of aromatic nitrogens is 2. The number of hydrogen-bond acceptors (Lipinski definition) is 3. The fourth-order valence-electron chi connectivity index (χ4n) is 2.87. The number of aliphatic imine (C=N–C) groups is 1. The normalized spacial score (nSPS) is 13.4. The molecule has 0 aliphatic carbocycles. The molecule has 6 nitrogen and oxygen atoms in total. The van der Waals surface area contributed by atoms with Gasteiger partial charge in [0.2, 0.25) is 0 Å². The van der Waals surface area contributed by atoms with E-state index in [1.165, 1.54) is 11.3 Å². The highest BCUT2D eigenvalue weighted by molar-refractivity contribution is 5.80. The molecule has 0 fully saturated rings. The van der Waals surface area contributed by atoms with Gasteiger partial charge in [0.1, 0.15) is 0 Å². The average molecular weight is 337 g/mol. The molecule has 138 valence electrons. The van der Waals surface area contributed by atoms with Crippen LogP contribution >= 0.6 is 0 Å². The molecule has 0 radical (unpaired) electrons. The first-order chi connectivity index (χ1) is 11.4. The van der Waals surface area contributed by atoms with Crippen LogP contribution < -0.4 is 10.6 Å². The predicted molar refractivity (Wildman–Crippen MR) is 103 cm³/mol. The lowest BCUT2D eigenvalue weighted by Crippen LogP contribution is -2.43. The summed E-state index contributed by atoms with van der Waals surface area (Å²) in [6.45, 7) is 17.7. The van der Waals surface area contributed by atoms with E-state index >= 15 is 0 Å². The maximum Gasteiger partial charge on any atom is 0.191 e. The number of rotatable bonds is 9. The van der Waals surface area contributed by atoms with Crippen LogP contribution in [0.5, 0.6) is 0 Å². The summed E-state index contributed by atoms with van der Waals surface area (Å²) in [5.74, 6) is 0.899. The number of nitrogens with one attached hydrogen (secondary N) is 2. The van der Waals surface area contributed by atoms with Crippen molar-refractivity contribution in [2.24, 2.45) is 12.0 Å². The summed E-state index contributed by atoms with van der Waals surface area (Å²) in [4.78, 5) is 7.10. The van der Waals surface area contributed by atoms with E-state index in [0.717, 1.165) is 50.8 Å². The maximum absolute atomic E-state index is 4.71. The Bertz CT molecular complexity index is 516. The second kappa shape index (κ2) is 10.3. The average Bonchev–Trinajstić information content (AvgIpc) is 2.78. The quantitative estimate of drug-likeness (QED) is 0.534. The van der Waals surface area contributed by atoms with Gasteiger partial charge in [-0.15, -0.1) is 0 Å². The molecular weight excluding hydrogens is 300 g/mol. The van der Waals surface area contributed by atoms with Crippen molar-refractivity contribution in [1.29, 1.82) is 0 Å². The van der Waals surface area contributed by atoms with Crippen LogP contribution in [-0.2, 0) is 13.5 Å². The van der Waals surface area contributed by atoms with Gasteiger partial charge in [-0.3, -0.25) is 9.67 Å². The molecule has 1 aromatic rings. The van der Waals surface area contributed by atoms with Gasteiger partial charge >= 0.3 is 0 Å². The third-order valence-electron chi connectivity index (χ3n) is 4.48. The van der Waals surface area contributed by atoms with Crippen molar-refractivity contribution >= 4 is 5.96 Å². The van der Waals surface area contributed by atoms with Crippen molar-refractivity contribution in [2.75, 3.05) is 32.7 Å². The first-order valence-corrected chi connectivity index (χ1v) is 9.19. The van der Waals surface area contributed by atoms with Crippen molar-refractivity contribution in [3.05, 3.63) is 17.0 Å². The molecule has 0 aliphatic heterocycles. The van der Waals surface area contributed by atoms with Gasteiger partial charge in [0, 0.05) is 31.9 Å². The lowest BCUT2D eigenvalue weighted by Gasteiger charge is -2.20. The van der Waals surface area contributed by atoms with Crippen LogP contribution in [-0.4, -0.2) is 59.4 Å². The van der Waals surface area contributed by atoms with Crippen LogP contribution in [0, 0.1) is 13.8 Å². The van der Waals surface area contributed by atoms with Crippen molar-refractivity contribution < 1.29 is 0 Å². The summed E-state index contributed by atoms with van der Waals surface area (Å²) in [7, 11) is 2.00. The third kappa shape index (κ3) is 6.15. The van der Waals surface area contributed by atoms with Crippen LogP contribution in [0.3, 0.4) is 0 Å². The van der Waals surface area contributed by atoms with Gasteiger partial charge in [0.25, 0.3) is 0 Å². The summed E-state index contributed by atoms with van der Waals surface area (Å²) in [6.07, 6.45) is 0.950. The van der Waals surface area contributed by atoms with Gasteiger partial charge in [0.05, 0.1) is 12.2 Å². The highest BCUT2D eigenvalue weighted by Gasteiger charge is 2.14. The number of hydrogen-bond donors (Lipinski definition) is 2. The molecule has 0 aliphatic rings. The van der Waals surface area contributed by atoms with Crippen LogP contribution in [0.15, 0.2) is 4.99 Å². The molecule has 0 bridgehead atoms. The monoisotopic (exact) mass is 336 g/mol. The predicted octanol–water partition coefficient (Wildman–Crippen LogP) is 1.86. The first kappa shape index (κ1) is 20.5. The summed E-state index contributed by atoms with van der Waals surface area (Å²) < 4.78 is 1.96. The largest absolute Gasteiger partial charge is 0.357 e. The maximum atomic E-state index is 4.71. The Morgan fingerprint density at radius 3 is 2.42 bits per heavy atom. The van der Waals surface area contributed by atoms with Gasteiger partial charge in [-0.2, -0.15) is 5.10 Å². The van der Waals surface area contributed by atoms with Crippen LogP contribution in [0.2, 0.25) is 0 Å². The van der Waals surface area contributed by atoms with Gasteiger partial charge in [0.15, 0.2) is 5.96 Å². The fourth-order valence-corrected chi connectivity index (χ4v) is 2.87. The van der Waals surface area contributed by atoms with E-state index in [9.17, 15) is 0 Å². The molecule has 0 saturated carbocycles. The molecule has 6 heteroatoms. The van der Waals surface area contributed by atoms with E-state index in [1.54, 1.807) is 0 Å². The Morgan fingerprint density at radius 1 is 1.25 bits per heavy atom. The third-order valence-corrected chi connectivity index (χ3v) is 4.48. The van der Waals surface area contributed by atoms with Gasteiger partial charge < -0.3 is 15.5 Å². The molecule has 0 aromatic carbocycles. The minimum absolute atomic E-state index is 0.304. The molecule has 0 saturated heterocycles. The number of nitrogens with zero attached hydrogens (tertiary/aromatic N) is 4. The molecule has 1 atom stereocenters. The standard InChI is InChI=1S/C18H36N6/c1-8-19-18(20-11-12-24(9-2)10-3)21-14(4)13-17-15(5)22-23(7)16(17)6/h14H,8-13H2,1-7H3,(H2,19,20,21). The van der Waals surface area contributed by atoms with E-state index < -0.39 is 0 Å². The van der Waals surface area contributed by atoms with Crippen molar-refractivity contribution in [3.63, 3.8) is 0 Å². The Kier molecular flexibility index (Phi) is 8.82. The van der Waals surface area contributed by atoms with Crippen molar-refractivity contribution in [1.82, 2.24) is 25.3 Å². The van der Waals surface area contributed by atoms with Gasteiger partial charge in [-0.1, -0.05) is 13.8 Å². The fraction of sp³-hybridized carbons (Fsp3) is 0.778. The molecule has 1 aromatic heterocycles. The molecular formula is C18H36N6. The Balaban J connectivity index is 2.63. The Labute approximate surface area is 147 Å². The van der Waals surface area contributed by atoms with Crippen molar-refractivity contribution in [2.45, 2.75) is 54.0 Å². The minimum Gasteiger partial charge on any atom is -0.357 e. The number of aryl methyl sites for hydroxylation is 2. The van der Waals surface area contributed by atoms with Crippen molar-refractivity contribution in [3.8, 4) is 0 Å². The number of guanidine groups is 1. The lowest BCUT2D eigenvalue weighted by molar-refractivity contribution is 0.313. The molecule has 1 heterocycles. The summed E-state index contributed by atoms with van der Waals surface area (Å²) in [6, 6.07) is 0.304. The topological polar surface area (TPSA) is 57.5 Å². The molecule has 1 rings (SSSR count). The molecule has 0 spiro atoms. The van der Waals surface area contributed by atoms with Crippen LogP contribution in [0.4, 0.5) is 0 Å². The highest BCUT2D eigenvalue weighted by Crippen LogP contribution is 2.14. The minimum atomic E-state index is 0.304. The zero-order valence-electron chi connectivity index (χ0n) is 16.6. The second-order valence-corrected chi connectivity index (χ2v) is 6.31. The summed E-state index contributed by atoms with van der Waals surface area (Å²) >= 11 is 0. The SMILES string of the molecule is CCNC(=NCCN(CC)CC)NC(C)Cc1c(C)nn(C)c1C. The summed E-state index contributed by atoms with van der Waals surface area (Å²) in [5, 5.41) is 11.4. The van der Waals surface area contributed by atoms with Crippen LogP contribution in [0.25, 0.3) is 0 Å². The summed E-state index contributed by atoms with van der Waals surface area (Å²) in [5.41, 5.74) is 3.69. The van der Waals surface area contributed by atoms with E-state index in [2.05, 4.69) is 62.2 Å². The van der Waals surface area contributed by atoms with E-state index in [1.807, 2.05) is 11.7 Å².